The maximum absolute atomic E-state index is 11.8. The van der Waals surface area contributed by atoms with Crippen molar-refractivity contribution in [3.8, 4) is 0 Å². The van der Waals surface area contributed by atoms with Crippen LogP contribution < -0.4 is 0 Å². The van der Waals surface area contributed by atoms with Gasteiger partial charge in [-0.2, -0.15) is 0 Å². The molecule has 1 aliphatic rings. The number of Topliss-reactive ketones (excluding diaryl/α,β-unsaturated/α-hetero) is 2. The summed E-state index contributed by atoms with van der Waals surface area (Å²) in [6.45, 7) is 0. The highest BCUT2D eigenvalue weighted by molar-refractivity contribution is 6.64. The minimum atomic E-state index is -0.519. The van der Waals surface area contributed by atoms with Crippen LogP contribution in [0.1, 0.15) is 0 Å². The monoisotopic (exact) mass is 262 g/mol. The molecule has 0 saturated carbocycles. The van der Waals surface area contributed by atoms with Gasteiger partial charge >= 0.3 is 0 Å². The zero-order valence-electron chi connectivity index (χ0n) is 9.47. The number of hydrogen-bond donors (Lipinski definition) is 0. The van der Waals surface area contributed by atoms with Crippen molar-refractivity contribution in [3.05, 3.63) is 21.5 Å². The summed E-state index contributed by atoms with van der Waals surface area (Å²) in [5, 5.41) is -0.411. The van der Waals surface area contributed by atoms with Gasteiger partial charge in [0.1, 0.15) is 21.5 Å². The predicted octanol–water partition coefficient (Wildman–Crippen LogP) is 1.16. The Morgan fingerprint density at radius 3 is 1.44 bits per heavy atom. The Morgan fingerprint density at radius 1 is 0.875 bits per heavy atom. The van der Waals surface area contributed by atoms with Crippen LogP contribution in [-0.2, 0) is 9.59 Å². The van der Waals surface area contributed by atoms with Crippen LogP contribution in [0.4, 0.5) is 0 Å². The first-order valence-corrected chi connectivity index (χ1v) is 5.28. The van der Waals surface area contributed by atoms with Crippen LogP contribution in [0.25, 0.3) is 0 Å². The zero-order valence-corrected chi connectivity index (χ0v) is 11.0. The summed E-state index contributed by atoms with van der Waals surface area (Å²) < 4.78 is 0. The van der Waals surface area contributed by atoms with Crippen LogP contribution in [0, 0.1) is 0 Å². The van der Waals surface area contributed by atoms with Gasteiger partial charge in [-0.3, -0.25) is 9.59 Å². The lowest BCUT2D eigenvalue weighted by molar-refractivity contribution is -0.116. The standard InChI is InChI=1S/C10H12Cl2N2O2/c1-13(2)10(14(3)4)5-8(15)6(11)7(12)9(5)16/h1-4H3. The molecule has 0 bridgehead atoms. The van der Waals surface area contributed by atoms with E-state index in [1.165, 1.54) is 0 Å². The second-order valence-corrected chi connectivity index (χ2v) is 4.53. The number of ketones is 2. The number of allylic oxidation sites excluding steroid dienone is 3. The molecule has 0 atom stereocenters. The second kappa shape index (κ2) is 4.47. The number of halogens is 2. The molecular formula is C10H12Cl2N2O2. The van der Waals surface area contributed by atoms with E-state index in [4.69, 9.17) is 23.2 Å². The second-order valence-electron chi connectivity index (χ2n) is 3.77. The van der Waals surface area contributed by atoms with Gasteiger partial charge in [0.05, 0.1) is 0 Å². The molecule has 0 saturated heterocycles. The van der Waals surface area contributed by atoms with Crippen molar-refractivity contribution in [1.82, 2.24) is 9.80 Å². The van der Waals surface area contributed by atoms with E-state index in [0.717, 1.165) is 0 Å². The minimum absolute atomic E-state index is 0.0185. The Bertz CT molecular complexity index is 387. The summed E-state index contributed by atoms with van der Waals surface area (Å²) in [6.07, 6.45) is 0. The molecule has 0 spiro atoms. The fourth-order valence-corrected chi connectivity index (χ4v) is 1.93. The highest BCUT2D eigenvalue weighted by Gasteiger charge is 2.38. The molecule has 0 aromatic rings. The quantitative estimate of drug-likeness (QED) is 0.553. The number of hydrogen-bond acceptors (Lipinski definition) is 4. The van der Waals surface area contributed by atoms with Gasteiger partial charge in [0.2, 0.25) is 11.6 Å². The van der Waals surface area contributed by atoms with Gasteiger partial charge < -0.3 is 9.80 Å². The Balaban J connectivity index is 3.40. The van der Waals surface area contributed by atoms with Gasteiger partial charge in [-0.1, -0.05) is 23.2 Å². The van der Waals surface area contributed by atoms with Crippen molar-refractivity contribution in [3.63, 3.8) is 0 Å². The van der Waals surface area contributed by atoms with Gasteiger partial charge in [-0.25, -0.2) is 0 Å². The average Bonchev–Trinajstić information content (AvgIpc) is 2.34. The predicted molar refractivity (Wildman–Crippen MR) is 63.1 cm³/mol. The summed E-state index contributed by atoms with van der Waals surface area (Å²) in [5.41, 5.74) is 0.0185. The van der Waals surface area contributed by atoms with Crippen molar-refractivity contribution in [1.29, 1.82) is 0 Å². The van der Waals surface area contributed by atoms with E-state index < -0.39 is 11.6 Å². The van der Waals surface area contributed by atoms with Crippen molar-refractivity contribution >= 4 is 34.8 Å². The summed E-state index contributed by atoms with van der Waals surface area (Å²) in [5.74, 6) is -0.549. The van der Waals surface area contributed by atoms with Gasteiger partial charge in [0.25, 0.3) is 0 Å². The number of nitrogens with zero attached hydrogens (tertiary/aromatic N) is 2. The van der Waals surface area contributed by atoms with Gasteiger partial charge in [0, 0.05) is 28.2 Å². The van der Waals surface area contributed by atoms with Crippen molar-refractivity contribution in [2.75, 3.05) is 28.2 Å². The summed E-state index contributed by atoms with van der Waals surface area (Å²) in [7, 11) is 6.96. The van der Waals surface area contributed by atoms with E-state index in [2.05, 4.69) is 0 Å². The van der Waals surface area contributed by atoms with E-state index in [1.807, 2.05) is 0 Å². The molecule has 0 radical (unpaired) electrons. The van der Waals surface area contributed by atoms with E-state index in [0.29, 0.717) is 5.82 Å². The normalized spacial score (nSPS) is 16.0. The highest BCUT2D eigenvalue weighted by atomic mass is 35.5. The molecule has 4 nitrogen and oxygen atoms in total. The van der Waals surface area contributed by atoms with E-state index in [1.54, 1.807) is 38.0 Å². The third-order valence-electron chi connectivity index (χ3n) is 2.12. The molecule has 0 unspecified atom stereocenters. The van der Waals surface area contributed by atoms with Crippen LogP contribution >= 0.6 is 23.2 Å². The van der Waals surface area contributed by atoms with Crippen LogP contribution in [-0.4, -0.2) is 49.6 Å². The largest absolute Gasteiger partial charge is 0.364 e. The molecule has 0 aromatic carbocycles. The zero-order chi connectivity index (χ0) is 12.6. The Labute approximate surface area is 104 Å². The Kier molecular flexibility index (Phi) is 3.65. The van der Waals surface area contributed by atoms with E-state index in [-0.39, 0.29) is 15.6 Å². The van der Waals surface area contributed by atoms with Crippen LogP contribution in [0.15, 0.2) is 21.5 Å². The molecule has 0 amide bonds. The topological polar surface area (TPSA) is 40.6 Å². The number of carbonyl (C=O) groups is 2. The molecule has 16 heavy (non-hydrogen) atoms. The van der Waals surface area contributed by atoms with E-state index >= 15 is 0 Å². The Morgan fingerprint density at radius 2 is 1.19 bits per heavy atom. The van der Waals surface area contributed by atoms with Gasteiger partial charge in [-0.05, 0) is 0 Å². The first-order chi connectivity index (χ1) is 7.29. The number of rotatable bonds is 2. The molecule has 1 rings (SSSR count). The molecule has 6 heteroatoms. The average molecular weight is 263 g/mol. The molecule has 0 aliphatic heterocycles. The van der Waals surface area contributed by atoms with E-state index in [9.17, 15) is 9.59 Å². The molecule has 0 N–H and O–H groups in total. The fourth-order valence-electron chi connectivity index (χ4n) is 1.57. The van der Waals surface area contributed by atoms with Crippen molar-refractivity contribution in [2.45, 2.75) is 0 Å². The van der Waals surface area contributed by atoms with Crippen molar-refractivity contribution in [2.24, 2.45) is 0 Å². The number of carbonyl (C=O) groups excluding carboxylic acids is 2. The molecule has 1 aliphatic carbocycles. The first-order valence-electron chi connectivity index (χ1n) is 4.52. The minimum Gasteiger partial charge on any atom is -0.364 e. The van der Waals surface area contributed by atoms with Crippen LogP contribution in [0.2, 0.25) is 0 Å². The maximum Gasteiger partial charge on any atom is 0.213 e. The lowest BCUT2D eigenvalue weighted by Crippen LogP contribution is -2.29. The van der Waals surface area contributed by atoms with Crippen LogP contribution in [0.5, 0.6) is 0 Å². The lowest BCUT2D eigenvalue weighted by Gasteiger charge is -2.25. The van der Waals surface area contributed by atoms with Gasteiger partial charge in [-0.15, -0.1) is 0 Å². The lowest BCUT2D eigenvalue weighted by atomic mass is 10.1. The Hall–Kier alpha value is -1.00. The van der Waals surface area contributed by atoms with Crippen molar-refractivity contribution < 1.29 is 9.59 Å². The first kappa shape index (κ1) is 13.1. The summed E-state index contributed by atoms with van der Waals surface area (Å²) in [4.78, 5) is 26.9. The molecular weight excluding hydrogens is 251 g/mol. The highest BCUT2D eigenvalue weighted by Crippen LogP contribution is 2.32. The molecule has 0 fully saturated rings. The third-order valence-corrected chi connectivity index (χ3v) is 2.93. The SMILES string of the molecule is CN(C)C(=C1C(=O)C(Cl)=C(Cl)C1=O)N(C)C. The molecule has 0 heterocycles. The van der Waals surface area contributed by atoms with Crippen LogP contribution in [0.3, 0.4) is 0 Å². The smallest absolute Gasteiger partial charge is 0.213 e. The fraction of sp³-hybridized carbons (Fsp3) is 0.400. The summed E-state index contributed by atoms with van der Waals surface area (Å²) in [6, 6.07) is 0. The summed E-state index contributed by atoms with van der Waals surface area (Å²) >= 11 is 11.3. The van der Waals surface area contributed by atoms with Gasteiger partial charge in [0.15, 0.2) is 0 Å². The third kappa shape index (κ3) is 1.95. The molecule has 0 aromatic heterocycles. The molecule has 88 valence electrons. The maximum atomic E-state index is 11.8.